The number of halogens is 2. The van der Waals surface area contributed by atoms with Crippen molar-refractivity contribution in [3.8, 4) is 0 Å². The van der Waals surface area contributed by atoms with Crippen molar-refractivity contribution in [1.29, 1.82) is 0 Å². The smallest absolute Gasteiger partial charge is 0.407 e. The molecule has 1 aromatic rings. The lowest BCUT2D eigenvalue weighted by atomic mass is 10.1. The fourth-order valence-electron chi connectivity index (χ4n) is 1.51. The Morgan fingerprint density at radius 3 is 2.67 bits per heavy atom. The zero-order chi connectivity index (χ0) is 13.7. The van der Waals surface area contributed by atoms with Crippen LogP contribution in [0.15, 0.2) is 22.7 Å². The molecule has 1 aromatic carbocycles. The minimum Gasteiger partial charge on any atom is -0.465 e. The van der Waals surface area contributed by atoms with Crippen molar-refractivity contribution in [2.24, 2.45) is 5.92 Å². The first kappa shape index (κ1) is 15.3. The highest BCUT2D eigenvalue weighted by Crippen LogP contribution is 2.23. The van der Waals surface area contributed by atoms with E-state index < -0.39 is 6.09 Å². The van der Waals surface area contributed by atoms with Crippen LogP contribution in [0, 0.1) is 5.92 Å². The minimum absolute atomic E-state index is 0.328. The van der Waals surface area contributed by atoms with Crippen molar-refractivity contribution in [1.82, 2.24) is 4.90 Å². The van der Waals surface area contributed by atoms with E-state index in [2.05, 4.69) is 29.8 Å². The Labute approximate surface area is 121 Å². The minimum atomic E-state index is -0.908. The number of benzene rings is 1. The molecule has 0 aromatic heterocycles. The molecule has 18 heavy (non-hydrogen) atoms. The molecule has 5 heteroatoms. The molecule has 0 fully saturated rings. The van der Waals surface area contributed by atoms with Crippen LogP contribution >= 0.6 is 27.5 Å². The summed E-state index contributed by atoms with van der Waals surface area (Å²) in [6.07, 6.45) is -0.0601. The van der Waals surface area contributed by atoms with Gasteiger partial charge in [-0.15, -0.1) is 0 Å². The summed E-state index contributed by atoms with van der Waals surface area (Å²) in [6, 6.07) is 5.49. The van der Waals surface area contributed by atoms with Crippen LogP contribution in [-0.4, -0.2) is 22.6 Å². The van der Waals surface area contributed by atoms with E-state index in [1.807, 2.05) is 12.1 Å². The highest BCUT2D eigenvalue weighted by atomic mass is 79.9. The Balaban J connectivity index is 2.73. The molecule has 0 saturated heterocycles. The second-order valence-corrected chi connectivity index (χ2v) is 5.95. The molecule has 0 aliphatic rings. The molecule has 0 saturated carbocycles. The molecule has 100 valence electrons. The van der Waals surface area contributed by atoms with Crippen molar-refractivity contribution in [3.63, 3.8) is 0 Å². The second kappa shape index (κ2) is 7.00. The molecule has 0 aliphatic carbocycles. The number of amides is 1. The van der Waals surface area contributed by atoms with Crippen LogP contribution in [0.3, 0.4) is 0 Å². The number of rotatable bonds is 5. The Morgan fingerprint density at radius 1 is 1.50 bits per heavy atom. The van der Waals surface area contributed by atoms with Gasteiger partial charge in [0.1, 0.15) is 0 Å². The van der Waals surface area contributed by atoms with Gasteiger partial charge in [-0.2, -0.15) is 0 Å². The summed E-state index contributed by atoms with van der Waals surface area (Å²) in [7, 11) is 0. The van der Waals surface area contributed by atoms with E-state index in [-0.39, 0.29) is 0 Å². The Hall–Kier alpha value is -0.740. The molecule has 3 nitrogen and oxygen atoms in total. The molecule has 0 atom stereocenters. The summed E-state index contributed by atoms with van der Waals surface area (Å²) in [5.74, 6) is 0.479. The largest absolute Gasteiger partial charge is 0.465 e. The van der Waals surface area contributed by atoms with Crippen LogP contribution in [0.2, 0.25) is 5.02 Å². The maximum atomic E-state index is 11.2. The van der Waals surface area contributed by atoms with E-state index in [1.165, 1.54) is 4.90 Å². The van der Waals surface area contributed by atoms with E-state index in [0.717, 1.165) is 16.5 Å². The van der Waals surface area contributed by atoms with Gasteiger partial charge in [0.2, 0.25) is 0 Å². The quantitative estimate of drug-likeness (QED) is 0.853. The van der Waals surface area contributed by atoms with Crippen LogP contribution in [0.1, 0.15) is 25.8 Å². The van der Waals surface area contributed by atoms with E-state index in [0.29, 0.717) is 24.0 Å². The molecule has 0 bridgehead atoms. The van der Waals surface area contributed by atoms with Crippen LogP contribution in [-0.2, 0) is 6.54 Å². The van der Waals surface area contributed by atoms with Gasteiger partial charge in [-0.05, 0) is 30.0 Å². The summed E-state index contributed by atoms with van der Waals surface area (Å²) in [4.78, 5) is 12.6. The van der Waals surface area contributed by atoms with Crippen LogP contribution < -0.4 is 0 Å². The highest BCUT2D eigenvalue weighted by molar-refractivity contribution is 9.10. The summed E-state index contributed by atoms with van der Waals surface area (Å²) in [5.41, 5.74) is 0.825. The number of carbonyl (C=O) groups is 1. The Bertz CT molecular complexity index is 423. The molecular weight excluding hydrogens is 318 g/mol. The van der Waals surface area contributed by atoms with Crippen molar-refractivity contribution < 1.29 is 9.90 Å². The van der Waals surface area contributed by atoms with Gasteiger partial charge in [-0.25, -0.2) is 4.79 Å². The standard InChI is InChI=1S/C13H17BrClNO2/c1-9(2)5-6-16(13(17)18)8-10-3-4-11(14)7-12(10)15/h3-4,7,9H,5-6,8H2,1-2H3,(H,17,18). The zero-order valence-electron chi connectivity index (χ0n) is 10.5. The van der Waals surface area contributed by atoms with Crippen LogP contribution in [0.25, 0.3) is 0 Å². The number of hydrogen-bond acceptors (Lipinski definition) is 1. The third kappa shape index (κ3) is 4.86. The monoisotopic (exact) mass is 333 g/mol. The summed E-state index contributed by atoms with van der Waals surface area (Å²) >= 11 is 9.42. The first-order chi connectivity index (χ1) is 8.40. The molecule has 0 radical (unpaired) electrons. The Kier molecular flexibility index (Phi) is 5.96. The van der Waals surface area contributed by atoms with Crippen LogP contribution in [0.4, 0.5) is 4.79 Å². The van der Waals surface area contributed by atoms with E-state index in [1.54, 1.807) is 6.07 Å². The summed E-state index contributed by atoms with van der Waals surface area (Å²) in [6.45, 7) is 5.01. The number of nitrogens with zero attached hydrogens (tertiary/aromatic N) is 1. The second-order valence-electron chi connectivity index (χ2n) is 4.62. The van der Waals surface area contributed by atoms with E-state index in [4.69, 9.17) is 16.7 Å². The molecule has 1 rings (SSSR count). The molecule has 0 heterocycles. The van der Waals surface area contributed by atoms with Gasteiger partial charge in [0.15, 0.2) is 0 Å². The average molecular weight is 335 g/mol. The van der Waals surface area contributed by atoms with Gasteiger partial charge in [0, 0.05) is 16.0 Å². The van der Waals surface area contributed by atoms with E-state index in [9.17, 15) is 4.79 Å². The fourth-order valence-corrected chi connectivity index (χ4v) is 2.25. The van der Waals surface area contributed by atoms with Gasteiger partial charge < -0.3 is 10.0 Å². The van der Waals surface area contributed by atoms with Gasteiger partial charge in [0.25, 0.3) is 0 Å². The van der Waals surface area contributed by atoms with Crippen molar-refractivity contribution in [2.75, 3.05) is 6.54 Å². The zero-order valence-corrected chi connectivity index (χ0v) is 12.8. The maximum Gasteiger partial charge on any atom is 0.407 e. The van der Waals surface area contributed by atoms with Crippen molar-refractivity contribution in [2.45, 2.75) is 26.8 Å². The lowest BCUT2D eigenvalue weighted by Crippen LogP contribution is -2.30. The average Bonchev–Trinajstić information content (AvgIpc) is 2.26. The summed E-state index contributed by atoms with van der Waals surface area (Å²) in [5, 5.41) is 9.75. The van der Waals surface area contributed by atoms with Gasteiger partial charge >= 0.3 is 6.09 Å². The van der Waals surface area contributed by atoms with Gasteiger partial charge in [-0.1, -0.05) is 47.4 Å². The number of hydrogen-bond donors (Lipinski definition) is 1. The van der Waals surface area contributed by atoms with Crippen molar-refractivity contribution in [3.05, 3.63) is 33.3 Å². The SMILES string of the molecule is CC(C)CCN(Cc1ccc(Br)cc1Cl)C(=O)O. The van der Waals surface area contributed by atoms with Gasteiger partial charge in [-0.3, -0.25) is 0 Å². The third-order valence-electron chi connectivity index (χ3n) is 2.62. The first-order valence-electron chi connectivity index (χ1n) is 5.82. The molecule has 0 aliphatic heterocycles. The molecule has 0 spiro atoms. The predicted molar refractivity (Wildman–Crippen MR) is 77.0 cm³/mol. The maximum absolute atomic E-state index is 11.2. The topological polar surface area (TPSA) is 40.5 Å². The lowest BCUT2D eigenvalue weighted by Gasteiger charge is -2.21. The third-order valence-corrected chi connectivity index (χ3v) is 3.47. The lowest BCUT2D eigenvalue weighted by molar-refractivity contribution is 0.140. The normalized spacial score (nSPS) is 10.7. The Morgan fingerprint density at radius 2 is 2.17 bits per heavy atom. The number of carboxylic acid groups (broad SMARTS) is 1. The molecule has 1 N–H and O–H groups in total. The van der Waals surface area contributed by atoms with Crippen molar-refractivity contribution >= 4 is 33.6 Å². The molecular formula is C13H17BrClNO2. The predicted octanol–water partition coefficient (Wildman–Crippen LogP) is 4.63. The van der Waals surface area contributed by atoms with Gasteiger partial charge in [0.05, 0.1) is 6.54 Å². The van der Waals surface area contributed by atoms with E-state index >= 15 is 0 Å². The summed E-state index contributed by atoms with van der Waals surface area (Å²) < 4.78 is 0.889. The molecule has 1 amide bonds. The fraction of sp³-hybridized carbons (Fsp3) is 0.462. The first-order valence-corrected chi connectivity index (χ1v) is 6.99. The van der Waals surface area contributed by atoms with Crippen LogP contribution in [0.5, 0.6) is 0 Å². The highest BCUT2D eigenvalue weighted by Gasteiger charge is 2.14. The molecule has 0 unspecified atom stereocenters.